The first-order chi connectivity index (χ1) is 5.31. The molecule has 2 aliphatic heterocycles. The van der Waals surface area contributed by atoms with Gasteiger partial charge in [-0.25, -0.2) is 0 Å². The molecule has 0 unspecified atom stereocenters. The Hall–Kier alpha value is -0.0800. The summed E-state index contributed by atoms with van der Waals surface area (Å²) in [5.74, 6) is 0. The van der Waals surface area contributed by atoms with E-state index in [1.807, 2.05) is 0 Å². The standard InChI is InChI=1S/C9H18N2/c1-11-7-4-9(5-8-11)3-2-6-10-9/h10H,2-8H2,1H3. The second kappa shape index (κ2) is 2.76. The van der Waals surface area contributed by atoms with Crippen LogP contribution in [0.1, 0.15) is 25.7 Å². The predicted octanol–water partition coefficient (Wildman–Crippen LogP) is 0.834. The maximum atomic E-state index is 3.67. The van der Waals surface area contributed by atoms with Crippen molar-refractivity contribution in [3.05, 3.63) is 0 Å². The van der Waals surface area contributed by atoms with Crippen molar-refractivity contribution >= 4 is 0 Å². The van der Waals surface area contributed by atoms with Crippen molar-refractivity contribution in [3.8, 4) is 0 Å². The highest BCUT2D eigenvalue weighted by molar-refractivity contribution is 4.96. The van der Waals surface area contributed by atoms with E-state index in [9.17, 15) is 0 Å². The zero-order valence-electron chi connectivity index (χ0n) is 7.40. The lowest BCUT2D eigenvalue weighted by Crippen LogP contribution is -2.48. The molecule has 2 saturated heterocycles. The van der Waals surface area contributed by atoms with E-state index in [1.165, 1.54) is 45.3 Å². The lowest BCUT2D eigenvalue weighted by Gasteiger charge is -2.37. The first-order valence-corrected chi connectivity index (χ1v) is 4.74. The van der Waals surface area contributed by atoms with Gasteiger partial charge in [0.1, 0.15) is 0 Å². The van der Waals surface area contributed by atoms with E-state index < -0.39 is 0 Å². The van der Waals surface area contributed by atoms with Gasteiger partial charge in [-0.05, 0) is 52.4 Å². The largest absolute Gasteiger partial charge is 0.311 e. The van der Waals surface area contributed by atoms with E-state index >= 15 is 0 Å². The van der Waals surface area contributed by atoms with Gasteiger partial charge in [-0.2, -0.15) is 0 Å². The molecule has 0 aromatic carbocycles. The van der Waals surface area contributed by atoms with Crippen molar-refractivity contribution in [2.45, 2.75) is 31.2 Å². The number of nitrogens with zero attached hydrogens (tertiary/aromatic N) is 1. The van der Waals surface area contributed by atoms with Crippen LogP contribution in [0.2, 0.25) is 0 Å². The van der Waals surface area contributed by atoms with Crippen molar-refractivity contribution in [1.29, 1.82) is 0 Å². The third kappa shape index (κ3) is 1.42. The fraction of sp³-hybridized carbons (Fsp3) is 1.00. The molecular weight excluding hydrogens is 136 g/mol. The maximum Gasteiger partial charge on any atom is 0.0206 e. The van der Waals surface area contributed by atoms with Gasteiger partial charge in [0, 0.05) is 5.54 Å². The lowest BCUT2D eigenvalue weighted by atomic mass is 9.86. The van der Waals surface area contributed by atoms with Crippen LogP contribution in [-0.4, -0.2) is 37.1 Å². The Kier molecular flexibility index (Phi) is 1.90. The van der Waals surface area contributed by atoms with Crippen LogP contribution in [0.25, 0.3) is 0 Å². The molecule has 2 nitrogen and oxygen atoms in total. The maximum absolute atomic E-state index is 3.67. The zero-order chi connectivity index (χ0) is 7.73. The first-order valence-electron chi connectivity index (χ1n) is 4.74. The van der Waals surface area contributed by atoms with Crippen molar-refractivity contribution in [1.82, 2.24) is 10.2 Å². The molecule has 0 radical (unpaired) electrons. The summed E-state index contributed by atoms with van der Waals surface area (Å²) in [7, 11) is 2.22. The molecule has 1 spiro atoms. The summed E-state index contributed by atoms with van der Waals surface area (Å²) in [6.45, 7) is 3.82. The average molecular weight is 154 g/mol. The van der Waals surface area contributed by atoms with Crippen LogP contribution in [0.5, 0.6) is 0 Å². The van der Waals surface area contributed by atoms with Crippen molar-refractivity contribution in [2.75, 3.05) is 26.7 Å². The van der Waals surface area contributed by atoms with Crippen LogP contribution >= 0.6 is 0 Å². The third-order valence-electron chi connectivity index (χ3n) is 3.28. The van der Waals surface area contributed by atoms with Gasteiger partial charge in [-0.15, -0.1) is 0 Å². The highest BCUT2D eigenvalue weighted by atomic mass is 15.1. The Balaban J connectivity index is 1.94. The van der Waals surface area contributed by atoms with Crippen LogP contribution in [0.4, 0.5) is 0 Å². The zero-order valence-corrected chi connectivity index (χ0v) is 7.40. The lowest BCUT2D eigenvalue weighted by molar-refractivity contribution is 0.174. The Morgan fingerprint density at radius 2 is 1.91 bits per heavy atom. The van der Waals surface area contributed by atoms with Gasteiger partial charge in [0.2, 0.25) is 0 Å². The number of piperidine rings is 1. The molecule has 0 aromatic rings. The summed E-state index contributed by atoms with van der Waals surface area (Å²) < 4.78 is 0. The van der Waals surface area contributed by atoms with Gasteiger partial charge < -0.3 is 10.2 Å². The molecule has 0 atom stereocenters. The predicted molar refractivity (Wildman–Crippen MR) is 46.7 cm³/mol. The summed E-state index contributed by atoms with van der Waals surface area (Å²) in [6.07, 6.45) is 5.54. The second-order valence-electron chi connectivity index (χ2n) is 4.11. The average Bonchev–Trinajstić information content (AvgIpc) is 2.45. The Bertz CT molecular complexity index is 128. The fourth-order valence-electron chi connectivity index (χ4n) is 2.34. The number of hydrogen-bond acceptors (Lipinski definition) is 2. The van der Waals surface area contributed by atoms with E-state index in [4.69, 9.17) is 0 Å². The van der Waals surface area contributed by atoms with Crippen molar-refractivity contribution < 1.29 is 0 Å². The van der Waals surface area contributed by atoms with Crippen LogP contribution < -0.4 is 5.32 Å². The minimum Gasteiger partial charge on any atom is -0.311 e. The van der Waals surface area contributed by atoms with Crippen LogP contribution in [0, 0.1) is 0 Å². The quantitative estimate of drug-likeness (QED) is 0.556. The van der Waals surface area contributed by atoms with E-state index in [2.05, 4.69) is 17.3 Å². The molecule has 1 N–H and O–H groups in total. The summed E-state index contributed by atoms with van der Waals surface area (Å²) in [6, 6.07) is 0. The van der Waals surface area contributed by atoms with Gasteiger partial charge in [-0.3, -0.25) is 0 Å². The Labute approximate surface area is 69.0 Å². The second-order valence-corrected chi connectivity index (χ2v) is 4.11. The fourth-order valence-corrected chi connectivity index (χ4v) is 2.34. The van der Waals surface area contributed by atoms with Gasteiger partial charge in [0.05, 0.1) is 0 Å². The molecule has 64 valence electrons. The van der Waals surface area contributed by atoms with Gasteiger partial charge in [0.25, 0.3) is 0 Å². The third-order valence-corrected chi connectivity index (χ3v) is 3.28. The molecule has 2 aliphatic rings. The van der Waals surface area contributed by atoms with Crippen LogP contribution in [-0.2, 0) is 0 Å². The minimum atomic E-state index is 0.562. The highest BCUT2D eigenvalue weighted by Crippen LogP contribution is 2.29. The van der Waals surface area contributed by atoms with Gasteiger partial charge >= 0.3 is 0 Å². The van der Waals surface area contributed by atoms with Crippen molar-refractivity contribution in [3.63, 3.8) is 0 Å². The SMILES string of the molecule is CN1CCC2(CCCN2)CC1. The molecule has 2 heterocycles. The molecule has 2 heteroatoms. The molecule has 0 aliphatic carbocycles. The number of likely N-dealkylation sites (tertiary alicyclic amines) is 1. The van der Waals surface area contributed by atoms with Gasteiger partial charge in [-0.1, -0.05) is 0 Å². The number of nitrogens with one attached hydrogen (secondary N) is 1. The monoisotopic (exact) mass is 154 g/mol. The first kappa shape index (κ1) is 7.56. The van der Waals surface area contributed by atoms with E-state index in [1.54, 1.807) is 0 Å². The van der Waals surface area contributed by atoms with E-state index in [-0.39, 0.29) is 0 Å². The molecule has 11 heavy (non-hydrogen) atoms. The number of hydrogen-bond donors (Lipinski definition) is 1. The van der Waals surface area contributed by atoms with E-state index in [0.717, 1.165) is 0 Å². The van der Waals surface area contributed by atoms with Crippen LogP contribution in [0.3, 0.4) is 0 Å². The molecule has 0 amide bonds. The molecule has 0 bridgehead atoms. The molecule has 2 rings (SSSR count). The van der Waals surface area contributed by atoms with E-state index in [0.29, 0.717) is 5.54 Å². The summed E-state index contributed by atoms with van der Waals surface area (Å²) in [5.41, 5.74) is 0.562. The van der Waals surface area contributed by atoms with Crippen molar-refractivity contribution in [2.24, 2.45) is 0 Å². The topological polar surface area (TPSA) is 15.3 Å². The summed E-state index contributed by atoms with van der Waals surface area (Å²) in [4.78, 5) is 2.44. The Morgan fingerprint density at radius 3 is 2.45 bits per heavy atom. The van der Waals surface area contributed by atoms with Gasteiger partial charge in [0.15, 0.2) is 0 Å². The minimum absolute atomic E-state index is 0.562. The highest BCUT2D eigenvalue weighted by Gasteiger charge is 2.35. The summed E-state index contributed by atoms with van der Waals surface area (Å²) in [5, 5.41) is 3.67. The normalized spacial score (nSPS) is 31.4. The summed E-state index contributed by atoms with van der Waals surface area (Å²) >= 11 is 0. The Morgan fingerprint density at radius 1 is 1.18 bits per heavy atom. The molecule has 0 saturated carbocycles. The smallest absolute Gasteiger partial charge is 0.0206 e. The molecule has 2 fully saturated rings. The molecular formula is C9H18N2. The number of rotatable bonds is 0. The molecule has 0 aromatic heterocycles. The van der Waals surface area contributed by atoms with Crippen LogP contribution in [0.15, 0.2) is 0 Å².